The number of hydrogen-bond donors (Lipinski definition) is 1. The molecule has 0 aromatic heterocycles. The largest absolute Gasteiger partial charge is 0.327 e. The standard InChI is InChI=1S/C6H10F3NO/c1-2-3-4-6(7,8)5(11)10-9/h2-4H2,1H3,(H,10,11). The molecule has 0 heterocycles. The highest BCUT2D eigenvalue weighted by Gasteiger charge is 2.37. The zero-order valence-electron chi connectivity index (χ0n) is 6.16. The number of halogens is 3. The van der Waals surface area contributed by atoms with Gasteiger partial charge in [0.1, 0.15) is 0 Å². The highest BCUT2D eigenvalue weighted by molar-refractivity contribution is 5.82. The number of carbonyl (C=O) groups excluding carboxylic acids is 1. The lowest BCUT2D eigenvalue weighted by molar-refractivity contribution is -0.151. The molecule has 11 heavy (non-hydrogen) atoms. The van der Waals surface area contributed by atoms with Crippen molar-refractivity contribution in [3.05, 3.63) is 0 Å². The number of amides is 1. The molecule has 0 radical (unpaired) electrons. The molecule has 2 nitrogen and oxygen atoms in total. The SMILES string of the molecule is CCCCC(F)(F)C(=O)NF. The van der Waals surface area contributed by atoms with Crippen LogP contribution in [0.2, 0.25) is 0 Å². The predicted octanol–water partition coefficient (Wildman–Crippen LogP) is 1.81. The molecule has 0 aliphatic carbocycles. The molecule has 0 aromatic carbocycles. The normalized spacial score (nSPS) is 11.3. The summed E-state index contributed by atoms with van der Waals surface area (Å²) >= 11 is 0. The Morgan fingerprint density at radius 1 is 1.55 bits per heavy atom. The molecule has 0 aromatic rings. The van der Waals surface area contributed by atoms with Gasteiger partial charge >= 0.3 is 11.8 Å². The van der Waals surface area contributed by atoms with Gasteiger partial charge < -0.3 is 0 Å². The summed E-state index contributed by atoms with van der Waals surface area (Å²) in [4.78, 5) is 10.1. The maximum Gasteiger partial charge on any atom is 0.327 e. The van der Waals surface area contributed by atoms with Crippen LogP contribution in [0.4, 0.5) is 13.3 Å². The molecule has 66 valence electrons. The van der Waals surface area contributed by atoms with Crippen molar-refractivity contribution in [2.75, 3.05) is 0 Å². The van der Waals surface area contributed by atoms with Gasteiger partial charge in [0, 0.05) is 6.42 Å². The second-order valence-electron chi connectivity index (χ2n) is 2.23. The fraction of sp³-hybridized carbons (Fsp3) is 0.833. The van der Waals surface area contributed by atoms with Gasteiger partial charge in [-0.2, -0.15) is 14.3 Å². The van der Waals surface area contributed by atoms with Crippen molar-refractivity contribution in [3.8, 4) is 0 Å². The van der Waals surface area contributed by atoms with Crippen LogP contribution in [0.5, 0.6) is 0 Å². The topological polar surface area (TPSA) is 29.1 Å². The summed E-state index contributed by atoms with van der Waals surface area (Å²) in [5, 5.41) is 0. The van der Waals surface area contributed by atoms with Crippen LogP contribution in [0.15, 0.2) is 0 Å². The number of hydrogen-bond acceptors (Lipinski definition) is 1. The van der Waals surface area contributed by atoms with Gasteiger partial charge in [0.2, 0.25) is 0 Å². The van der Waals surface area contributed by atoms with E-state index in [1.807, 2.05) is 0 Å². The molecular weight excluding hydrogens is 159 g/mol. The van der Waals surface area contributed by atoms with Gasteiger partial charge in [-0.15, -0.1) is 4.48 Å². The Kier molecular flexibility index (Phi) is 3.92. The third-order valence-corrected chi connectivity index (χ3v) is 1.26. The highest BCUT2D eigenvalue weighted by Crippen LogP contribution is 2.21. The van der Waals surface area contributed by atoms with E-state index in [1.165, 1.54) is 0 Å². The van der Waals surface area contributed by atoms with Gasteiger partial charge in [0.25, 0.3) is 0 Å². The molecule has 0 saturated heterocycles. The Morgan fingerprint density at radius 3 is 2.45 bits per heavy atom. The molecule has 0 aliphatic rings. The van der Waals surface area contributed by atoms with Crippen molar-refractivity contribution >= 4 is 5.91 Å². The lowest BCUT2D eigenvalue weighted by Crippen LogP contribution is -2.35. The fourth-order valence-corrected chi connectivity index (χ4v) is 0.581. The van der Waals surface area contributed by atoms with E-state index in [4.69, 9.17) is 0 Å². The van der Waals surface area contributed by atoms with Crippen LogP contribution in [0, 0.1) is 0 Å². The molecule has 0 aliphatic heterocycles. The molecule has 0 saturated carbocycles. The minimum atomic E-state index is -3.56. The summed E-state index contributed by atoms with van der Waals surface area (Å²) in [6.45, 7) is 1.71. The van der Waals surface area contributed by atoms with E-state index in [-0.39, 0.29) is 6.42 Å². The third-order valence-electron chi connectivity index (χ3n) is 1.26. The average Bonchev–Trinajstić information content (AvgIpc) is 1.99. The number of unbranched alkanes of at least 4 members (excludes halogenated alkanes) is 1. The predicted molar refractivity (Wildman–Crippen MR) is 33.7 cm³/mol. The minimum Gasteiger partial charge on any atom is -0.265 e. The van der Waals surface area contributed by atoms with E-state index in [2.05, 4.69) is 0 Å². The van der Waals surface area contributed by atoms with Crippen molar-refractivity contribution < 1.29 is 18.1 Å². The second-order valence-corrected chi connectivity index (χ2v) is 2.23. The quantitative estimate of drug-likeness (QED) is 0.639. The van der Waals surface area contributed by atoms with Crippen molar-refractivity contribution in [2.45, 2.75) is 32.1 Å². The van der Waals surface area contributed by atoms with E-state index in [1.54, 1.807) is 6.92 Å². The van der Waals surface area contributed by atoms with Crippen LogP contribution in [0.1, 0.15) is 26.2 Å². The van der Waals surface area contributed by atoms with Crippen LogP contribution in [0.25, 0.3) is 0 Å². The highest BCUT2D eigenvalue weighted by atomic mass is 19.3. The molecule has 0 atom stereocenters. The zero-order chi connectivity index (χ0) is 8.91. The fourth-order valence-electron chi connectivity index (χ4n) is 0.581. The van der Waals surface area contributed by atoms with Crippen molar-refractivity contribution in [2.24, 2.45) is 0 Å². The van der Waals surface area contributed by atoms with E-state index in [0.29, 0.717) is 12.0 Å². The van der Waals surface area contributed by atoms with Gasteiger partial charge in [0.05, 0.1) is 0 Å². The number of nitrogens with one attached hydrogen (secondary N) is 1. The van der Waals surface area contributed by atoms with Crippen LogP contribution in [0.3, 0.4) is 0 Å². The summed E-state index contributed by atoms with van der Waals surface area (Å²) in [6, 6.07) is 0. The lowest BCUT2D eigenvalue weighted by Gasteiger charge is -2.11. The first-order valence-corrected chi connectivity index (χ1v) is 3.33. The molecule has 0 fully saturated rings. The van der Waals surface area contributed by atoms with E-state index in [9.17, 15) is 18.1 Å². The summed E-state index contributed by atoms with van der Waals surface area (Å²) in [7, 11) is 0. The lowest BCUT2D eigenvalue weighted by atomic mass is 10.1. The van der Waals surface area contributed by atoms with Gasteiger partial charge in [0.15, 0.2) is 0 Å². The Morgan fingerprint density at radius 2 is 2.09 bits per heavy atom. The first-order chi connectivity index (χ1) is 5.04. The second kappa shape index (κ2) is 4.20. The van der Waals surface area contributed by atoms with Crippen molar-refractivity contribution in [1.29, 1.82) is 0 Å². The Balaban J connectivity index is 3.88. The van der Waals surface area contributed by atoms with E-state index >= 15 is 0 Å². The minimum absolute atomic E-state index is 0.209. The third kappa shape index (κ3) is 3.25. The Hall–Kier alpha value is -0.740. The van der Waals surface area contributed by atoms with Crippen LogP contribution >= 0.6 is 0 Å². The molecule has 5 heteroatoms. The first-order valence-electron chi connectivity index (χ1n) is 3.33. The molecule has 0 spiro atoms. The maximum atomic E-state index is 12.4. The summed E-state index contributed by atoms with van der Waals surface area (Å²) < 4.78 is 35.9. The average molecular weight is 169 g/mol. The summed E-state index contributed by atoms with van der Waals surface area (Å²) in [5.41, 5.74) is 0.425. The molecule has 1 N–H and O–H groups in total. The zero-order valence-corrected chi connectivity index (χ0v) is 6.16. The van der Waals surface area contributed by atoms with Crippen molar-refractivity contribution in [1.82, 2.24) is 5.54 Å². The van der Waals surface area contributed by atoms with E-state index in [0.717, 1.165) is 0 Å². The molecule has 0 rings (SSSR count). The molecular formula is C6H10F3NO. The smallest absolute Gasteiger partial charge is 0.265 e. The van der Waals surface area contributed by atoms with Gasteiger partial charge in [-0.1, -0.05) is 13.3 Å². The summed E-state index contributed by atoms with van der Waals surface area (Å²) in [6.07, 6.45) is 0.162. The first kappa shape index (κ1) is 10.3. The van der Waals surface area contributed by atoms with E-state index < -0.39 is 18.3 Å². The van der Waals surface area contributed by atoms with Crippen LogP contribution < -0.4 is 5.54 Å². The number of carbonyl (C=O) groups is 1. The monoisotopic (exact) mass is 169 g/mol. The van der Waals surface area contributed by atoms with Gasteiger partial charge in [-0.25, -0.2) is 0 Å². The Bertz CT molecular complexity index is 138. The van der Waals surface area contributed by atoms with Crippen LogP contribution in [-0.4, -0.2) is 11.8 Å². The summed E-state index contributed by atoms with van der Waals surface area (Å²) in [5.74, 6) is -5.42. The number of alkyl halides is 2. The maximum absolute atomic E-state index is 12.4. The van der Waals surface area contributed by atoms with Crippen LogP contribution in [-0.2, 0) is 4.79 Å². The Labute approximate surface area is 62.7 Å². The van der Waals surface area contributed by atoms with Crippen molar-refractivity contribution in [3.63, 3.8) is 0 Å². The number of rotatable bonds is 4. The molecule has 0 bridgehead atoms. The molecule has 0 unspecified atom stereocenters. The molecule has 1 amide bonds. The van der Waals surface area contributed by atoms with Gasteiger partial charge in [-0.05, 0) is 6.42 Å². The van der Waals surface area contributed by atoms with Gasteiger partial charge in [-0.3, -0.25) is 4.79 Å².